The van der Waals surface area contributed by atoms with Crippen LogP contribution in [0.1, 0.15) is 27.0 Å². The van der Waals surface area contributed by atoms with Crippen LogP contribution in [0.25, 0.3) is 11.1 Å². The number of carboxylic acid groups (broad SMARTS) is 1. The zero-order valence-electron chi connectivity index (χ0n) is 18.1. The molecule has 2 atom stereocenters. The number of aryl methyl sites for hydroxylation is 1. The number of carbonyl (C=O) groups excluding carboxylic acids is 1. The Balaban J connectivity index is 0.000000364. The Hall–Kier alpha value is -3.32. The van der Waals surface area contributed by atoms with Crippen LogP contribution in [-0.2, 0) is 14.6 Å². The zero-order chi connectivity index (χ0) is 25.5. The van der Waals surface area contributed by atoms with Crippen molar-refractivity contribution in [2.45, 2.75) is 29.2 Å². The number of thiazole rings is 1. The Bertz CT molecular complexity index is 1390. The van der Waals surface area contributed by atoms with Gasteiger partial charge in [-0.15, -0.1) is 11.3 Å². The van der Waals surface area contributed by atoms with E-state index in [1.54, 1.807) is 28.7 Å². The molecule has 0 bridgehead atoms. The molecule has 0 saturated carbocycles. The highest BCUT2D eigenvalue weighted by Gasteiger charge is 2.51. The van der Waals surface area contributed by atoms with Crippen molar-refractivity contribution >= 4 is 33.1 Å². The predicted molar refractivity (Wildman–Crippen MR) is 120 cm³/mol. The van der Waals surface area contributed by atoms with Crippen LogP contribution in [0.4, 0.5) is 13.2 Å². The van der Waals surface area contributed by atoms with E-state index in [0.717, 1.165) is 21.7 Å². The maximum absolute atomic E-state index is 13.1. The van der Waals surface area contributed by atoms with Crippen molar-refractivity contribution in [3.05, 3.63) is 64.4 Å². The van der Waals surface area contributed by atoms with Gasteiger partial charge in [0.1, 0.15) is 5.69 Å². The van der Waals surface area contributed by atoms with Crippen LogP contribution >= 0.6 is 11.3 Å². The quantitative estimate of drug-likeness (QED) is 0.544. The first-order chi connectivity index (χ1) is 16.4. The van der Waals surface area contributed by atoms with E-state index >= 15 is 0 Å². The van der Waals surface area contributed by atoms with E-state index in [9.17, 15) is 26.4 Å². The summed E-state index contributed by atoms with van der Waals surface area (Å²) in [4.78, 5) is 32.1. The number of aliphatic carboxylic acids is 1. The molecule has 2 aromatic heterocycles. The fourth-order valence-electron chi connectivity index (χ4n) is 4.15. The van der Waals surface area contributed by atoms with E-state index in [2.05, 4.69) is 9.97 Å². The molecule has 1 aromatic carbocycles. The Kier molecular flexibility index (Phi) is 6.40. The van der Waals surface area contributed by atoms with Gasteiger partial charge < -0.3 is 10.0 Å². The molecular weight excluding hydrogens is 507 g/mol. The van der Waals surface area contributed by atoms with E-state index in [1.807, 2.05) is 31.2 Å². The highest BCUT2D eigenvalue weighted by molar-refractivity contribution is 7.92. The highest BCUT2D eigenvalue weighted by atomic mass is 32.2. The first kappa shape index (κ1) is 24.8. The monoisotopic (exact) mass is 525 g/mol. The van der Waals surface area contributed by atoms with E-state index in [0.29, 0.717) is 17.1 Å². The topological polar surface area (TPSA) is 118 Å². The van der Waals surface area contributed by atoms with Gasteiger partial charge in [-0.1, -0.05) is 12.1 Å². The lowest BCUT2D eigenvalue weighted by molar-refractivity contribution is -0.192. The van der Waals surface area contributed by atoms with Crippen LogP contribution in [0.5, 0.6) is 0 Å². The summed E-state index contributed by atoms with van der Waals surface area (Å²) in [7, 11) is -3.45. The van der Waals surface area contributed by atoms with E-state index < -0.39 is 27.2 Å². The Labute approximate surface area is 202 Å². The van der Waals surface area contributed by atoms with Crippen molar-refractivity contribution in [2.24, 2.45) is 0 Å². The van der Waals surface area contributed by atoms with Crippen LogP contribution in [0, 0.1) is 6.92 Å². The molecule has 5 rings (SSSR count). The minimum atomic E-state index is -5.08. The van der Waals surface area contributed by atoms with Gasteiger partial charge in [0.25, 0.3) is 5.91 Å². The van der Waals surface area contributed by atoms with Crippen molar-refractivity contribution in [2.75, 3.05) is 13.1 Å². The molecule has 0 aliphatic carbocycles. The minimum absolute atomic E-state index is 0.195. The van der Waals surface area contributed by atoms with Gasteiger partial charge in [-0.25, -0.2) is 18.2 Å². The van der Waals surface area contributed by atoms with Gasteiger partial charge in [0, 0.05) is 36.8 Å². The maximum Gasteiger partial charge on any atom is 0.490 e. The molecule has 13 heteroatoms. The van der Waals surface area contributed by atoms with Crippen molar-refractivity contribution in [1.82, 2.24) is 14.9 Å². The third-order valence-corrected chi connectivity index (χ3v) is 8.78. The number of pyridine rings is 1. The number of likely N-dealkylation sites (tertiary alicyclic amines) is 1. The molecule has 0 spiro atoms. The van der Waals surface area contributed by atoms with E-state index in [-0.39, 0.29) is 18.4 Å². The highest BCUT2D eigenvalue weighted by Crippen LogP contribution is 2.46. The summed E-state index contributed by atoms with van der Waals surface area (Å²) in [5.41, 5.74) is 3.07. The second-order valence-corrected chi connectivity index (χ2v) is 11.1. The molecule has 184 valence electrons. The first-order valence-electron chi connectivity index (χ1n) is 10.2. The molecule has 8 nitrogen and oxygen atoms in total. The molecule has 1 N–H and O–H groups in total. The van der Waals surface area contributed by atoms with Crippen LogP contribution in [-0.4, -0.2) is 64.8 Å². The summed E-state index contributed by atoms with van der Waals surface area (Å²) in [5, 5.41) is 9.09. The number of fused-ring (bicyclic) bond motifs is 3. The second-order valence-electron chi connectivity index (χ2n) is 7.95. The number of alkyl halides is 3. The maximum atomic E-state index is 13.1. The van der Waals surface area contributed by atoms with Gasteiger partial charge in [-0.2, -0.15) is 13.2 Å². The molecule has 1 saturated heterocycles. The van der Waals surface area contributed by atoms with Crippen molar-refractivity contribution in [3.63, 3.8) is 0 Å². The molecule has 2 aliphatic heterocycles. The molecule has 3 aromatic rings. The van der Waals surface area contributed by atoms with Gasteiger partial charge in [0.05, 0.1) is 15.2 Å². The third kappa shape index (κ3) is 4.78. The number of amides is 1. The van der Waals surface area contributed by atoms with Gasteiger partial charge in [0.15, 0.2) is 9.84 Å². The number of aromatic nitrogens is 2. The number of nitrogens with zero attached hydrogens (tertiary/aromatic N) is 3. The average molecular weight is 526 g/mol. The van der Waals surface area contributed by atoms with Gasteiger partial charge in [-0.05, 0) is 41.8 Å². The second kappa shape index (κ2) is 9.04. The number of hydrogen-bond donors (Lipinski definition) is 1. The molecule has 4 heterocycles. The lowest BCUT2D eigenvalue weighted by atomic mass is 9.95. The third-order valence-electron chi connectivity index (χ3n) is 5.74. The standard InChI is InChI=1S/C20H17N3O3S2.C2HF3O2/c1-12-22-17(11-27-12)20(24)23-9-16-15-7-13(14-3-2-6-21-8-14)4-5-18(15)28(25,26)19(16)10-23;3-2(4,5)1(6)7/h2-8,11,16,19H,9-10H2,1H3;(H,6,7). The Morgan fingerprint density at radius 3 is 2.46 bits per heavy atom. The van der Waals surface area contributed by atoms with Crippen molar-refractivity contribution in [3.8, 4) is 11.1 Å². The van der Waals surface area contributed by atoms with Gasteiger partial charge in [0.2, 0.25) is 0 Å². The van der Waals surface area contributed by atoms with Gasteiger partial charge in [-0.3, -0.25) is 9.78 Å². The molecule has 0 radical (unpaired) electrons. The largest absolute Gasteiger partial charge is 0.490 e. The average Bonchev–Trinajstić information content (AvgIpc) is 3.50. The number of sulfone groups is 1. The summed E-state index contributed by atoms with van der Waals surface area (Å²) in [6.45, 7) is 2.45. The fraction of sp³-hybridized carbons (Fsp3) is 0.273. The molecular formula is C22H18F3N3O5S2. The van der Waals surface area contributed by atoms with Gasteiger partial charge >= 0.3 is 12.1 Å². The number of carboxylic acids is 1. The summed E-state index contributed by atoms with van der Waals surface area (Å²) in [6, 6.07) is 9.27. The number of carbonyl (C=O) groups is 2. The molecule has 35 heavy (non-hydrogen) atoms. The SMILES string of the molecule is Cc1nc(C(=O)N2CC3c4cc(-c5cccnc5)ccc4S(=O)(=O)C3C2)cs1.O=C(O)C(F)(F)F. The van der Waals surface area contributed by atoms with Crippen LogP contribution in [0.2, 0.25) is 0 Å². The first-order valence-corrected chi connectivity index (χ1v) is 12.6. The lowest BCUT2D eigenvalue weighted by Gasteiger charge is -2.17. The summed E-state index contributed by atoms with van der Waals surface area (Å²) >= 11 is 1.42. The van der Waals surface area contributed by atoms with Crippen molar-refractivity contribution in [1.29, 1.82) is 0 Å². The zero-order valence-corrected chi connectivity index (χ0v) is 19.7. The summed E-state index contributed by atoms with van der Waals surface area (Å²) in [6.07, 6.45) is -1.62. The minimum Gasteiger partial charge on any atom is -0.475 e. The Morgan fingerprint density at radius 2 is 1.89 bits per heavy atom. The van der Waals surface area contributed by atoms with Crippen LogP contribution in [0.3, 0.4) is 0 Å². The normalized spacial score (nSPS) is 19.9. The van der Waals surface area contributed by atoms with Crippen LogP contribution < -0.4 is 0 Å². The smallest absolute Gasteiger partial charge is 0.475 e. The predicted octanol–water partition coefficient (Wildman–Crippen LogP) is 3.54. The molecule has 1 amide bonds. The lowest BCUT2D eigenvalue weighted by Crippen LogP contribution is -2.31. The molecule has 2 aliphatic rings. The summed E-state index contributed by atoms with van der Waals surface area (Å²) < 4.78 is 57.9. The Morgan fingerprint density at radius 1 is 1.17 bits per heavy atom. The number of benzene rings is 1. The fourth-order valence-corrected chi connectivity index (χ4v) is 6.90. The number of rotatable bonds is 2. The number of hydrogen-bond acceptors (Lipinski definition) is 7. The molecule has 1 fully saturated rings. The van der Waals surface area contributed by atoms with Crippen molar-refractivity contribution < 1.29 is 36.3 Å². The summed E-state index contributed by atoms with van der Waals surface area (Å²) in [5.74, 6) is -3.16. The number of halogens is 3. The van der Waals surface area contributed by atoms with Crippen LogP contribution in [0.15, 0.2) is 53.0 Å². The van der Waals surface area contributed by atoms with E-state index in [4.69, 9.17) is 9.90 Å². The molecule has 2 unspecified atom stereocenters. The van der Waals surface area contributed by atoms with E-state index in [1.165, 1.54) is 11.3 Å².